The molecule has 3 rings (SSSR count). The Labute approximate surface area is 131 Å². The minimum atomic E-state index is -0.0594. The van der Waals surface area contributed by atoms with Crippen molar-refractivity contribution in [2.45, 2.75) is 31.7 Å². The summed E-state index contributed by atoms with van der Waals surface area (Å²) in [6.07, 6.45) is 7.21. The summed E-state index contributed by atoms with van der Waals surface area (Å²) in [5, 5.41) is 3.03. The number of likely N-dealkylation sites (tertiary alicyclic amines) is 1. The molecule has 4 nitrogen and oxygen atoms in total. The van der Waals surface area contributed by atoms with Crippen molar-refractivity contribution in [1.29, 1.82) is 0 Å². The van der Waals surface area contributed by atoms with Crippen LogP contribution in [0.25, 0.3) is 6.08 Å². The summed E-state index contributed by atoms with van der Waals surface area (Å²) < 4.78 is 0. The number of carbonyl (C=O) groups is 2. The van der Waals surface area contributed by atoms with E-state index in [0.29, 0.717) is 11.8 Å². The van der Waals surface area contributed by atoms with Gasteiger partial charge in [-0.3, -0.25) is 9.59 Å². The molecule has 4 heteroatoms. The number of rotatable bonds is 4. The number of nitrogens with zero attached hydrogens (tertiary/aromatic N) is 1. The van der Waals surface area contributed by atoms with Gasteiger partial charge in [-0.1, -0.05) is 30.3 Å². The van der Waals surface area contributed by atoms with Crippen molar-refractivity contribution >= 4 is 17.9 Å². The van der Waals surface area contributed by atoms with Crippen molar-refractivity contribution in [1.82, 2.24) is 10.2 Å². The highest BCUT2D eigenvalue weighted by molar-refractivity contribution is 5.91. The van der Waals surface area contributed by atoms with Crippen LogP contribution in [0.2, 0.25) is 0 Å². The van der Waals surface area contributed by atoms with E-state index in [2.05, 4.69) is 5.32 Å². The van der Waals surface area contributed by atoms with E-state index >= 15 is 0 Å². The van der Waals surface area contributed by atoms with Crippen LogP contribution in [0.5, 0.6) is 0 Å². The maximum atomic E-state index is 12.0. The molecule has 0 spiro atoms. The molecule has 116 valence electrons. The Bertz CT molecular complexity index is 556. The second kappa shape index (κ2) is 6.77. The van der Waals surface area contributed by atoms with Crippen LogP contribution in [-0.2, 0) is 9.59 Å². The quantitative estimate of drug-likeness (QED) is 0.867. The van der Waals surface area contributed by atoms with Gasteiger partial charge in [0.1, 0.15) is 0 Å². The van der Waals surface area contributed by atoms with E-state index in [-0.39, 0.29) is 11.9 Å². The highest BCUT2D eigenvalue weighted by Gasteiger charge is 2.34. The molecule has 1 saturated carbocycles. The predicted octanol–water partition coefficient (Wildman–Crippen LogP) is 2.22. The normalized spacial score (nSPS) is 19.4. The average Bonchev–Trinajstić information content (AvgIpc) is 3.39. The molecule has 1 aromatic rings. The third-order valence-corrected chi connectivity index (χ3v) is 4.31. The van der Waals surface area contributed by atoms with Gasteiger partial charge in [-0.2, -0.15) is 0 Å². The molecule has 1 saturated heterocycles. The van der Waals surface area contributed by atoms with E-state index in [4.69, 9.17) is 0 Å². The third kappa shape index (κ3) is 3.97. The van der Waals surface area contributed by atoms with E-state index in [0.717, 1.165) is 44.3 Å². The van der Waals surface area contributed by atoms with Crippen LogP contribution in [-0.4, -0.2) is 35.8 Å². The van der Waals surface area contributed by atoms with Crippen molar-refractivity contribution in [2.24, 2.45) is 5.92 Å². The fourth-order valence-electron chi connectivity index (χ4n) is 2.82. The molecule has 0 radical (unpaired) electrons. The standard InChI is InChI=1S/C18H22N2O2/c21-17(9-6-14-4-2-1-3-5-14)19-16-10-12-20(13-11-16)18(22)15-7-8-15/h1-6,9,15-16H,7-8,10-13H2,(H,19,21)/b9-6+. The van der Waals surface area contributed by atoms with Gasteiger partial charge in [-0.15, -0.1) is 0 Å². The molecule has 1 heterocycles. The fourth-order valence-corrected chi connectivity index (χ4v) is 2.82. The molecular formula is C18H22N2O2. The molecule has 0 bridgehead atoms. The summed E-state index contributed by atoms with van der Waals surface area (Å²) in [5.74, 6) is 0.546. The largest absolute Gasteiger partial charge is 0.350 e. The highest BCUT2D eigenvalue weighted by Crippen LogP contribution is 2.31. The number of hydrogen-bond donors (Lipinski definition) is 1. The van der Waals surface area contributed by atoms with Gasteiger partial charge in [0.2, 0.25) is 11.8 Å². The summed E-state index contributed by atoms with van der Waals surface area (Å²) in [5.41, 5.74) is 1.02. The van der Waals surface area contributed by atoms with Crippen LogP contribution in [0.4, 0.5) is 0 Å². The minimum Gasteiger partial charge on any atom is -0.350 e. The van der Waals surface area contributed by atoms with E-state index in [9.17, 15) is 9.59 Å². The Hall–Kier alpha value is -2.10. The first kappa shape index (κ1) is 14.8. The van der Waals surface area contributed by atoms with Gasteiger partial charge < -0.3 is 10.2 Å². The van der Waals surface area contributed by atoms with Gasteiger partial charge in [0.15, 0.2) is 0 Å². The molecule has 2 amide bonds. The summed E-state index contributed by atoms with van der Waals surface area (Å²) in [6, 6.07) is 9.95. The molecule has 0 unspecified atom stereocenters. The first-order valence-electron chi connectivity index (χ1n) is 8.05. The Morgan fingerprint density at radius 1 is 1.05 bits per heavy atom. The van der Waals surface area contributed by atoms with Gasteiger partial charge in [-0.25, -0.2) is 0 Å². The van der Waals surface area contributed by atoms with Crippen LogP contribution >= 0.6 is 0 Å². The second-order valence-electron chi connectivity index (χ2n) is 6.13. The van der Waals surface area contributed by atoms with E-state index in [1.54, 1.807) is 6.08 Å². The van der Waals surface area contributed by atoms with Gasteiger partial charge in [0.05, 0.1) is 0 Å². The van der Waals surface area contributed by atoms with Crippen LogP contribution in [0.1, 0.15) is 31.2 Å². The van der Waals surface area contributed by atoms with Crippen molar-refractivity contribution < 1.29 is 9.59 Å². The van der Waals surface area contributed by atoms with Crippen molar-refractivity contribution in [2.75, 3.05) is 13.1 Å². The lowest BCUT2D eigenvalue weighted by Gasteiger charge is -2.32. The first-order chi connectivity index (χ1) is 10.7. The van der Waals surface area contributed by atoms with Crippen molar-refractivity contribution in [3.63, 3.8) is 0 Å². The molecule has 1 N–H and O–H groups in total. The number of carbonyl (C=O) groups excluding carboxylic acids is 2. The van der Waals surface area contributed by atoms with E-state index < -0.39 is 0 Å². The molecular weight excluding hydrogens is 276 g/mol. The van der Waals surface area contributed by atoms with Gasteiger partial charge >= 0.3 is 0 Å². The predicted molar refractivity (Wildman–Crippen MR) is 85.9 cm³/mol. The Balaban J connectivity index is 1.43. The van der Waals surface area contributed by atoms with Crippen molar-refractivity contribution in [3.05, 3.63) is 42.0 Å². The lowest BCUT2D eigenvalue weighted by molar-refractivity contribution is -0.133. The zero-order chi connectivity index (χ0) is 15.4. The fraction of sp³-hybridized carbons (Fsp3) is 0.444. The monoisotopic (exact) mass is 298 g/mol. The maximum absolute atomic E-state index is 12.0. The number of benzene rings is 1. The summed E-state index contributed by atoms with van der Waals surface area (Å²) in [4.78, 5) is 25.9. The van der Waals surface area contributed by atoms with Crippen molar-refractivity contribution in [3.8, 4) is 0 Å². The highest BCUT2D eigenvalue weighted by atomic mass is 16.2. The lowest BCUT2D eigenvalue weighted by atomic mass is 10.0. The minimum absolute atomic E-state index is 0.0594. The smallest absolute Gasteiger partial charge is 0.244 e. The molecule has 2 fully saturated rings. The molecule has 1 aliphatic heterocycles. The second-order valence-corrected chi connectivity index (χ2v) is 6.13. The van der Waals surface area contributed by atoms with E-state index in [1.165, 1.54) is 0 Å². The topological polar surface area (TPSA) is 49.4 Å². The maximum Gasteiger partial charge on any atom is 0.244 e. The van der Waals surface area contributed by atoms with Gasteiger partial charge in [0.25, 0.3) is 0 Å². The van der Waals surface area contributed by atoms with Crippen LogP contribution in [0, 0.1) is 5.92 Å². The summed E-state index contributed by atoms with van der Waals surface area (Å²) in [7, 11) is 0. The average molecular weight is 298 g/mol. The molecule has 0 aromatic heterocycles. The van der Waals surface area contributed by atoms with Crippen LogP contribution in [0.3, 0.4) is 0 Å². The van der Waals surface area contributed by atoms with Crippen LogP contribution in [0.15, 0.2) is 36.4 Å². The third-order valence-electron chi connectivity index (χ3n) is 4.31. The number of amides is 2. The zero-order valence-corrected chi connectivity index (χ0v) is 12.7. The van der Waals surface area contributed by atoms with Gasteiger partial charge in [0, 0.05) is 31.1 Å². The molecule has 1 aliphatic carbocycles. The number of piperidine rings is 1. The zero-order valence-electron chi connectivity index (χ0n) is 12.7. The Morgan fingerprint density at radius 3 is 2.36 bits per heavy atom. The Morgan fingerprint density at radius 2 is 1.73 bits per heavy atom. The SMILES string of the molecule is O=C(/C=C/c1ccccc1)NC1CCN(C(=O)C2CC2)CC1. The lowest BCUT2D eigenvalue weighted by Crippen LogP contribution is -2.46. The Kier molecular flexibility index (Phi) is 4.56. The molecule has 2 aliphatic rings. The molecule has 22 heavy (non-hydrogen) atoms. The van der Waals surface area contributed by atoms with Gasteiger partial charge in [-0.05, 0) is 37.3 Å². The summed E-state index contributed by atoms with van der Waals surface area (Å²) in [6.45, 7) is 1.53. The first-order valence-corrected chi connectivity index (χ1v) is 8.05. The number of nitrogens with one attached hydrogen (secondary N) is 1. The van der Waals surface area contributed by atoms with E-state index in [1.807, 2.05) is 41.3 Å². The van der Waals surface area contributed by atoms with Crippen LogP contribution < -0.4 is 5.32 Å². The molecule has 1 aromatic carbocycles. The molecule has 0 atom stereocenters. The summed E-state index contributed by atoms with van der Waals surface area (Å²) >= 11 is 0. The number of hydrogen-bond acceptors (Lipinski definition) is 2.